The van der Waals surface area contributed by atoms with Crippen molar-refractivity contribution in [3.05, 3.63) is 39.3 Å². The predicted octanol–water partition coefficient (Wildman–Crippen LogP) is 2.43. The summed E-state index contributed by atoms with van der Waals surface area (Å²) in [7, 11) is 1.88. The molecule has 1 atom stereocenters. The number of thiophene rings is 1. The van der Waals surface area contributed by atoms with E-state index in [-0.39, 0.29) is 0 Å². The van der Waals surface area contributed by atoms with E-state index in [9.17, 15) is 5.11 Å². The fourth-order valence-corrected chi connectivity index (χ4v) is 2.69. The topological polar surface area (TPSA) is 38.0 Å². The van der Waals surface area contributed by atoms with Crippen molar-refractivity contribution in [3.8, 4) is 0 Å². The molecule has 0 aliphatic rings. The molecule has 3 nitrogen and oxygen atoms in total. The molecule has 0 spiro atoms. The summed E-state index contributed by atoms with van der Waals surface area (Å²) in [5, 5.41) is 16.7. The van der Waals surface area contributed by atoms with E-state index < -0.39 is 6.10 Å². The highest BCUT2D eigenvalue weighted by atomic mass is 32.1. The zero-order valence-corrected chi connectivity index (χ0v) is 10.6. The summed E-state index contributed by atoms with van der Waals surface area (Å²) in [6.07, 6.45) is 0.335. The first kappa shape index (κ1) is 11.4. The zero-order valence-electron chi connectivity index (χ0n) is 9.77. The van der Waals surface area contributed by atoms with Crippen molar-refractivity contribution in [2.75, 3.05) is 0 Å². The minimum atomic E-state index is -0.558. The molecule has 0 aromatic carbocycles. The van der Waals surface area contributed by atoms with Gasteiger partial charge in [-0.2, -0.15) is 5.10 Å². The van der Waals surface area contributed by atoms with Crippen molar-refractivity contribution >= 4 is 11.3 Å². The highest BCUT2D eigenvalue weighted by Crippen LogP contribution is 2.29. The highest BCUT2D eigenvalue weighted by Gasteiger charge is 2.18. The van der Waals surface area contributed by atoms with Gasteiger partial charge < -0.3 is 5.11 Å². The van der Waals surface area contributed by atoms with Crippen molar-refractivity contribution < 1.29 is 5.11 Å². The fraction of sp³-hybridized carbons (Fsp3) is 0.417. The Morgan fingerprint density at radius 2 is 2.31 bits per heavy atom. The van der Waals surface area contributed by atoms with Crippen LogP contribution in [0, 0.1) is 6.92 Å². The van der Waals surface area contributed by atoms with Crippen molar-refractivity contribution in [2.45, 2.75) is 26.4 Å². The molecular weight excluding hydrogens is 220 g/mol. The molecule has 0 fully saturated rings. The number of aryl methyl sites for hydroxylation is 3. The third-order valence-corrected chi connectivity index (χ3v) is 3.83. The van der Waals surface area contributed by atoms with Crippen LogP contribution in [0.3, 0.4) is 0 Å². The van der Waals surface area contributed by atoms with Gasteiger partial charge in [-0.3, -0.25) is 4.68 Å². The lowest BCUT2D eigenvalue weighted by atomic mass is 10.1. The number of aliphatic hydroxyl groups is 1. The van der Waals surface area contributed by atoms with Crippen LogP contribution in [0.2, 0.25) is 0 Å². The van der Waals surface area contributed by atoms with Gasteiger partial charge in [-0.25, -0.2) is 0 Å². The summed E-state index contributed by atoms with van der Waals surface area (Å²) in [5.74, 6) is 0. The molecule has 0 saturated carbocycles. The molecule has 2 aromatic rings. The average molecular weight is 236 g/mol. The average Bonchev–Trinajstić information content (AvgIpc) is 2.83. The van der Waals surface area contributed by atoms with Crippen LogP contribution < -0.4 is 0 Å². The van der Waals surface area contributed by atoms with E-state index in [1.54, 1.807) is 16.0 Å². The van der Waals surface area contributed by atoms with Gasteiger partial charge in [0.15, 0.2) is 0 Å². The van der Waals surface area contributed by atoms with Crippen LogP contribution in [0.1, 0.15) is 34.9 Å². The molecule has 0 saturated heterocycles. The Balaban J connectivity index is 2.37. The van der Waals surface area contributed by atoms with Gasteiger partial charge in [-0.1, -0.05) is 6.92 Å². The van der Waals surface area contributed by atoms with Gasteiger partial charge >= 0.3 is 0 Å². The van der Waals surface area contributed by atoms with E-state index in [2.05, 4.69) is 12.0 Å². The van der Waals surface area contributed by atoms with Crippen LogP contribution in [-0.4, -0.2) is 14.9 Å². The standard InChI is InChI=1S/C12H16N2OS/c1-4-9-7-10(14(3)13-9)11(15)12-8(2)5-6-16-12/h5-7,11,15H,4H2,1-3H3. The van der Waals surface area contributed by atoms with Crippen molar-refractivity contribution in [3.63, 3.8) is 0 Å². The SMILES string of the molecule is CCc1cc(C(O)c2sccc2C)n(C)n1. The van der Waals surface area contributed by atoms with Gasteiger partial charge in [0.1, 0.15) is 6.10 Å². The quantitative estimate of drug-likeness (QED) is 0.889. The van der Waals surface area contributed by atoms with E-state index >= 15 is 0 Å². The number of aliphatic hydroxyl groups excluding tert-OH is 1. The predicted molar refractivity (Wildman–Crippen MR) is 65.7 cm³/mol. The molecule has 2 heterocycles. The van der Waals surface area contributed by atoms with Gasteiger partial charge in [-0.05, 0) is 36.4 Å². The van der Waals surface area contributed by atoms with Crippen molar-refractivity contribution in [2.24, 2.45) is 7.05 Å². The molecule has 0 bridgehead atoms. The Morgan fingerprint density at radius 3 is 2.81 bits per heavy atom. The number of nitrogens with zero attached hydrogens (tertiary/aromatic N) is 2. The summed E-state index contributed by atoms with van der Waals surface area (Å²) >= 11 is 1.59. The Labute approximate surface area is 99.4 Å². The van der Waals surface area contributed by atoms with Crippen LogP contribution in [0.15, 0.2) is 17.5 Å². The summed E-state index contributed by atoms with van der Waals surface area (Å²) in [4.78, 5) is 1.01. The molecule has 0 radical (unpaired) electrons. The molecule has 1 unspecified atom stereocenters. The first-order valence-corrected chi connectivity index (χ1v) is 6.26. The first-order chi connectivity index (χ1) is 7.63. The van der Waals surface area contributed by atoms with Crippen molar-refractivity contribution in [1.82, 2.24) is 9.78 Å². The fourth-order valence-electron chi connectivity index (χ4n) is 1.77. The number of aromatic nitrogens is 2. The van der Waals surface area contributed by atoms with Gasteiger partial charge in [0.2, 0.25) is 0 Å². The van der Waals surface area contributed by atoms with E-state index in [0.717, 1.165) is 28.2 Å². The van der Waals surface area contributed by atoms with Gasteiger partial charge in [0.05, 0.1) is 11.4 Å². The van der Waals surface area contributed by atoms with Gasteiger partial charge in [0, 0.05) is 11.9 Å². The largest absolute Gasteiger partial charge is 0.381 e. The third kappa shape index (κ3) is 1.90. The molecule has 1 N–H and O–H groups in total. The molecule has 2 aromatic heterocycles. The summed E-state index contributed by atoms with van der Waals surface area (Å²) < 4.78 is 1.77. The molecule has 0 aliphatic heterocycles. The molecule has 4 heteroatoms. The Bertz CT molecular complexity index is 487. The molecule has 2 rings (SSSR count). The third-order valence-electron chi connectivity index (χ3n) is 2.76. The normalized spacial score (nSPS) is 13.0. The molecular formula is C12H16N2OS. The lowest BCUT2D eigenvalue weighted by Crippen LogP contribution is -2.06. The molecule has 0 amide bonds. The number of hydrogen-bond acceptors (Lipinski definition) is 3. The highest BCUT2D eigenvalue weighted by molar-refractivity contribution is 7.10. The Kier molecular flexibility index (Phi) is 3.12. The molecule has 86 valence electrons. The maximum atomic E-state index is 10.3. The maximum Gasteiger partial charge on any atom is 0.130 e. The minimum Gasteiger partial charge on any atom is -0.381 e. The van der Waals surface area contributed by atoms with E-state index in [4.69, 9.17) is 0 Å². The van der Waals surface area contributed by atoms with Crippen LogP contribution in [0.25, 0.3) is 0 Å². The first-order valence-electron chi connectivity index (χ1n) is 5.38. The Hall–Kier alpha value is -1.13. The lowest BCUT2D eigenvalue weighted by molar-refractivity contribution is 0.213. The summed E-state index contributed by atoms with van der Waals surface area (Å²) in [6, 6.07) is 4.00. The second-order valence-electron chi connectivity index (χ2n) is 3.91. The van der Waals surface area contributed by atoms with Crippen LogP contribution >= 0.6 is 11.3 Å². The van der Waals surface area contributed by atoms with E-state index in [1.165, 1.54) is 0 Å². The Morgan fingerprint density at radius 1 is 1.56 bits per heavy atom. The monoisotopic (exact) mass is 236 g/mol. The smallest absolute Gasteiger partial charge is 0.130 e. The number of rotatable bonds is 3. The zero-order chi connectivity index (χ0) is 11.7. The summed E-state index contributed by atoms with van der Waals surface area (Å²) in [5.41, 5.74) is 3.02. The van der Waals surface area contributed by atoms with E-state index in [1.807, 2.05) is 31.5 Å². The molecule has 0 aliphatic carbocycles. The van der Waals surface area contributed by atoms with Gasteiger partial charge in [-0.15, -0.1) is 11.3 Å². The lowest BCUT2D eigenvalue weighted by Gasteiger charge is -2.09. The minimum absolute atomic E-state index is 0.558. The van der Waals surface area contributed by atoms with Crippen LogP contribution in [0.4, 0.5) is 0 Å². The second kappa shape index (κ2) is 4.39. The van der Waals surface area contributed by atoms with Crippen LogP contribution in [0.5, 0.6) is 0 Å². The second-order valence-corrected chi connectivity index (χ2v) is 4.86. The summed E-state index contributed by atoms with van der Waals surface area (Å²) in [6.45, 7) is 4.08. The van der Waals surface area contributed by atoms with Gasteiger partial charge in [0.25, 0.3) is 0 Å². The number of hydrogen-bond donors (Lipinski definition) is 1. The van der Waals surface area contributed by atoms with Crippen molar-refractivity contribution in [1.29, 1.82) is 0 Å². The van der Waals surface area contributed by atoms with Crippen LogP contribution in [-0.2, 0) is 13.5 Å². The maximum absolute atomic E-state index is 10.3. The molecule has 16 heavy (non-hydrogen) atoms. The van der Waals surface area contributed by atoms with E-state index in [0.29, 0.717) is 0 Å².